The van der Waals surface area contributed by atoms with E-state index < -0.39 is 10.3 Å². The van der Waals surface area contributed by atoms with Crippen LogP contribution in [0.4, 0.5) is 0 Å². The molecule has 1 heterocycles. The van der Waals surface area contributed by atoms with Crippen molar-refractivity contribution < 1.29 is 13.0 Å². The molecule has 0 amide bonds. The predicted molar refractivity (Wildman–Crippen MR) is 67.5 cm³/mol. The summed E-state index contributed by atoms with van der Waals surface area (Å²) in [5.74, 6) is 0. The maximum Gasteiger partial charge on any atom is 0.361 e. The molecule has 17 heavy (non-hydrogen) atoms. The van der Waals surface area contributed by atoms with Crippen LogP contribution < -0.4 is 0 Å². The summed E-state index contributed by atoms with van der Waals surface area (Å²) in [6.45, 7) is 3.27. The highest BCUT2D eigenvalue weighted by molar-refractivity contribution is 7.83. The molecular weight excluding hydrogens is 240 g/mol. The maximum absolute atomic E-state index is 10.8. The van der Waals surface area contributed by atoms with Crippen LogP contribution in [-0.2, 0) is 10.3 Å². The maximum atomic E-state index is 10.8. The summed E-state index contributed by atoms with van der Waals surface area (Å²) in [5, 5.41) is 0. The molecule has 1 rings (SSSR count). The molecule has 0 aliphatic carbocycles. The van der Waals surface area contributed by atoms with Gasteiger partial charge in [-0.1, -0.05) is 39.0 Å². The van der Waals surface area contributed by atoms with E-state index in [-0.39, 0.29) is 6.67 Å². The van der Waals surface area contributed by atoms with E-state index in [1.54, 1.807) is 6.20 Å². The Morgan fingerprint density at radius 3 is 2.35 bits per heavy atom. The van der Waals surface area contributed by atoms with Crippen molar-refractivity contribution in [3.63, 3.8) is 0 Å². The number of nitrogens with zero attached hydrogens (tertiary/aromatic N) is 2. The Morgan fingerprint density at radius 2 is 1.76 bits per heavy atom. The highest BCUT2D eigenvalue weighted by atomic mass is 32.2. The van der Waals surface area contributed by atoms with Gasteiger partial charge in [0.2, 0.25) is 0 Å². The Kier molecular flexibility index (Phi) is 5.77. The Hall–Kier alpha value is -0.750. The molecule has 5 nitrogen and oxygen atoms in total. The molecule has 0 aromatic heterocycles. The van der Waals surface area contributed by atoms with Gasteiger partial charge in [-0.15, -0.1) is 0 Å². The Balaban J connectivity index is 2.09. The van der Waals surface area contributed by atoms with Crippen LogP contribution >= 0.6 is 0 Å². The smallest absolute Gasteiger partial charge is 0.357 e. The normalized spacial score (nSPS) is 15.9. The minimum absolute atomic E-state index is 0.230. The van der Waals surface area contributed by atoms with Crippen molar-refractivity contribution in [1.29, 1.82) is 0 Å². The monoisotopic (exact) mass is 262 g/mol. The average molecular weight is 262 g/mol. The van der Waals surface area contributed by atoms with Crippen molar-refractivity contribution in [1.82, 2.24) is 9.21 Å². The molecule has 0 aromatic carbocycles. The molecule has 6 heteroatoms. The summed E-state index contributed by atoms with van der Waals surface area (Å²) < 4.78 is 31.4. The quantitative estimate of drug-likeness (QED) is 0.538. The lowest BCUT2D eigenvalue weighted by atomic mass is 10.1. The second-order valence-electron chi connectivity index (χ2n) is 4.38. The third-order valence-corrected chi connectivity index (χ3v) is 3.69. The number of unbranched alkanes of at least 4 members (excludes halogenated alkanes) is 5. The zero-order valence-corrected chi connectivity index (χ0v) is 11.2. The molecule has 100 valence electrons. The Labute approximate surface area is 104 Å². The van der Waals surface area contributed by atoms with E-state index in [0.29, 0.717) is 0 Å². The summed E-state index contributed by atoms with van der Waals surface area (Å²) >= 11 is 0. The highest BCUT2D eigenvalue weighted by Crippen LogP contribution is 2.12. The van der Waals surface area contributed by atoms with Crippen molar-refractivity contribution in [2.75, 3.05) is 13.2 Å². The highest BCUT2D eigenvalue weighted by Gasteiger charge is 2.21. The van der Waals surface area contributed by atoms with Crippen LogP contribution in [-0.4, -0.2) is 35.4 Å². The van der Waals surface area contributed by atoms with Crippen LogP contribution in [0.1, 0.15) is 45.4 Å². The summed E-state index contributed by atoms with van der Waals surface area (Å²) in [7, 11) is -4.07. The fourth-order valence-electron chi connectivity index (χ4n) is 1.83. The molecule has 1 aliphatic heterocycles. The predicted octanol–water partition coefficient (Wildman–Crippen LogP) is 2.20. The Morgan fingerprint density at radius 1 is 1.12 bits per heavy atom. The van der Waals surface area contributed by atoms with Crippen molar-refractivity contribution in [2.45, 2.75) is 45.4 Å². The van der Waals surface area contributed by atoms with Crippen molar-refractivity contribution in [2.24, 2.45) is 0 Å². The minimum atomic E-state index is -4.07. The first-order valence-corrected chi connectivity index (χ1v) is 7.60. The molecule has 0 radical (unpaired) electrons. The second kappa shape index (κ2) is 6.86. The molecule has 0 spiro atoms. The third kappa shape index (κ3) is 5.41. The third-order valence-electron chi connectivity index (χ3n) is 2.86. The first kappa shape index (κ1) is 14.3. The first-order chi connectivity index (χ1) is 8.04. The summed E-state index contributed by atoms with van der Waals surface area (Å²) in [6.07, 6.45) is 10.4. The van der Waals surface area contributed by atoms with Gasteiger partial charge in [0.1, 0.15) is 6.67 Å². The van der Waals surface area contributed by atoms with Crippen LogP contribution in [0.2, 0.25) is 0 Å². The number of rotatable bonds is 8. The molecule has 0 aromatic rings. The van der Waals surface area contributed by atoms with Crippen LogP contribution in [0.15, 0.2) is 12.4 Å². The van der Waals surface area contributed by atoms with E-state index in [4.69, 9.17) is 4.55 Å². The average Bonchev–Trinajstić information content (AvgIpc) is 2.71. The van der Waals surface area contributed by atoms with Crippen LogP contribution in [0, 0.1) is 0 Å². The fraction of sp³-hybridized carbons (Fsp3) is 0.818. The molecule has 1 aliphatic rings. The van der Waals surface area contributed by atoms with Gasteiger partial charge in [-0.3, -0.25) is 4.55 Å². The molecule has 0 saturated carbocycles. The summed E-state index contributed by atoms with van der Waals surface area (Å²) in [5.41, 5.74) is 0. The lowest BCUT2D eigenvalue weighted by Crippen LogP contribution is -2.30. The van der Waals surface area contributed by atoms with Gasteiger partial charge in [0.15, 0.2) is 0 Å². The van der Waals surface area contributed by atoms with Gasteiger partial charge in [-0.05, 0) is 6.42 Å². The van der Waals surface area contributed by atoms with Crippen molar-refractivity contribution >= 4 is 10.3 Å². The number of hydrogen-bond acceptors (Lipinski definition) is 3. The van der Waals surface area contributed by atoms with Crippen LogP contribution in [0.25, 0.3) is 0 Å². The molecule has 1 N–H and O–H groups in total. The van der Waals surface area contributed by atoms with Crippen molar-refractivity contribution in [3.05, 3.63) is 12.4 Å². The van der Waals surface area contributed by atoms with Crippen molar-refractivity contribution in [3.8, 4) is 0 Å². The molecule has 0 saturated heterocycles. The minimum Gasteiger partial charge on any atom is -0.357 e. The fourth-order valence-corrected chi connectivity index (χ4v) is 2.33. The van der Waals surface area contributed by atoms with Crippen LogP contribution in [0.3, 0.4) is 0 Å². The molecule has 0 unspecified atom stereocenters. The number of hydrogen-bond donors (Lipinski definition) is 1. The molecule has 0 bridgehead atoms. The molecule has 0 fully saturated rings. The van der Waals surface area contributed by atoms with Gasteiger partial charge < -0.3 is 4.90 Å². The van der Waals surface area contributed by atoms with E-state index in [1.165, 1.54) is 38.3 Å². The van der Waals surface area contributed by atoms with Gasteiger partial charge in [-0.2, -0.15) is 8.42 Å². The van der Waals surface area contributed by atoms with Gasteiger partial charge >= 0.3 is 10.3 Å². The largest absolute Gasteiger partial charge is 0.361 e. The van der Waals surface area contributed by atoms with E-state index in [1.807, 2.05) is 4.90 Å². The molecular formula is C11H22N2O3S. The summed E-state index contributed by atoms with van der Waals surface area (Å²) in [4.78, 5) is 1.90. The van der Waals surface area contributed by atoms with Gasteiger partial charge in [0, 0.05) is 18.9 Å². The van der Waals surface area contributed by atoms with E-state index in [2.05, 4.69) is 6.92 Å². The second-order valence-corrected chi connectivity index (χ2v) is 5.75. The van der Waals surface area contributed by atoms with E-state index in [9.17, 15) is 8.42 Å². The summed E-state index contributed by atoms with van der Waals surface area (Å²) in [6, 6.07) is 0. The first-order valence-electron chi connectivity index (χ1n) is 6.20. The topological polar surface area (TPSA) is 60.9 Å². The zero-order valence-electron chi connectivity index (χ0n) is 10.4. The zero-order chi connectivity index (χ0) is 12.7. The van der Waals surface area contributed by atoms with E-state index in [0.717, 1.165) is 17.3 Å². The molecule has 0 atom stereocenters. The van der Waals surface area contributed by atoms with Gasteiger partial charge in [-0.25, -0.2) is 4.31 Å². The standard InChI is InChI=1S/C11H22N2O3S/c1-2-3-4-5-6-7-8-12-9-10-13(11-12)17(14,15)16/h9-10H,2-8,11H2,1H3,(H,14,15,16). The van der Waals surface area contributed by atoms with E-state index >= 15 is 0 Å². The SMILES string of the molecule is CCCCCCCCN1C=CN(S(=O)(=O)O)C1. The Bertz CT molecular complexity index is 341. The van der Waals surface area contributed by atoms with Gasteiger partial charge in [0.25, 0.3) is 0 Å². The lowest BCUT2D eigenvalue weighted by molar-refractivity contribution is 0.307. The van der Waals surface area contributed by atoms with Gasteiger partial charge in [0.05, 0.1) is 0 Å². The lowest BCUT2D eigenvalue weighted by Gasteiger charge is -2.18. The van der Waals surface area contributed by atoms with Crippen LogP contribution in [0.5, 0.6) is 0 Å².